The van der Waals surface area contributed by atoms with Crippen molar-refractivity contribution in [3.63, 3.8) is 0 Å². The lowest BCUT2D eigenvalue weighted by atomic mass is 9.77. The van der Waals surface area contributed by atoms with Crippen LogP contribution in [0.3, 0.4) is 0 Å². The summed E-state index contributed by atoms with van der Waals surface area (Å²) in [6.07, 6.45) is 4.49. The third-order valence-electron chi connectivity index (χ3n) is 4.70. The second-order valence-electron chi connectivity index (χ2n) is 6.06. The lowest BCUT2D eigenvalue weighted by Gasteiger charge is -2.36. The summed E-state index contributed by atoms with van der Waals surface area (Å²) < 4.78 is 16.4. The second-order valence-corrected chi connectivity index (χ2v) is 6.06. The molecule has 0 amide bonds. The molecule has 3 rings (SSSR count). The third kappa shape index (κ3) is 2.85. The summed E-state index contributed by atoms with van der Waals surface area (Å²) in [5, 5.41) is 10.5. The minimum atomic E-state index is -0.708. The minimum Gasteiger partial charge on any atom is -0.508 e. The fraction of sp³-hybridized carbons (Fsp3) is 0.421. The van der Waals surface area contributed by atoms with Crippen molar-refractivity contribution in [1.82, 2.24) is 0 Å². The predicted molar refractivity (Wildman–Crippen MR) is 90.0 cm³/mol. The Morgan fingerprint density at radius 1 is 1.29 bits per heavy atom. The molecule has 2 atom stereocenters. The van der Waals surface area contributed by atoms with Crippen LogP contribution in [0.25, 0.3) is 5.57 Å². The molecule has 0 spiro atoms. The Morgan fingerprint density at radius 3 is 2.88 bits per heavy atom. The molecular formula is C19H22O5. The molecule has 5 nitrogen and oxygen atoms in total. The Kier molecular flexibility index (Phi) is 4.73. The summed E-state index contributed by atoms with van der Waals surface area (Å²) in [4.78, 5) is 12.6. The molecule has 0 aliphatic heterocycles. The first-order valence-electron chi connectivity index (χ1n) is 8.04. The summed E-state index contributed by atoms with van der Waals surface area (Å²) in [5.41, 5.74) is 0.674. The second kappa shape index (κ2) is 6.79. The third-order valence-corrected chi connectivity index (χ3v) is 4.70. The van der Waals surface area contributed by atoms with Crippen LogP contribution in [0.4, 0.5) is 0 Å². The van der Waals surface area contributed by atoms with Gasteiger partial charge in [-0.2, -0.15) is 0 Å². The average molecular weight is 330 g/mol. The number of ketones is 1. The number of aliphatic hydroxyl groups is 1. The lowest BCUT2D eigenvalue weighted by molar-refractivity contribution is -0.123. The van der Waals surface area contributed by atoms with Crippen molar-refractivity contribution in [2.45, 2.75) is 18.4 Å². The molecule has 1 aromatic carbocycles. The van der Waals surface area contributed by atoms with Gasteiger partial charge in [0.1, 0.15) is 22.9 Å². The number of hydrogen-bond acceptors (Lipinski definition) is 5. The molecule has 2 aliphatic carbocycles. The molecule has 0 bridgehead atoms. The molecule has 0 saturated heterocycles. The zero-order chi connectivity index (χ0) is 17.2. The molecule has 5 heteroatoms. The molecule has 1 aromatic rings. The highest BCUT2D eigenvalue weighted by Gasteiger charge is 2.52. The minimum absolute atomic E-state index is 0.0844. The Hall–Kier alpha value is -2.11. The number of benzene rings is 1. The number of rotatable bonds is 6. The lowest BCUT2D eigenvalue weighted by Crippen LogP contribution is -2.40. The van der Waals surface area contributed by atoms with Crippen molar-refractivity contribution in [1.29, 1.82) is 0 Å². The van der Waals surface area contributed by atoms with Gasteiger partial charge in [0.2, 0.25) is 0 Å². The van der Waals surface area contributed by atoms with E-state index in [2.05, 4.69) is 0 Å². The average Bonchev–Trinajstić information content (AvgIpc) is 2.93. The van der Waals surface area contributed by atoms with Gasteiger partial charge in [0, 0.05) is 19.1 Å². The number of Topliss-reactive ketones (excluding diaryl/α,β-unsaturated/α-hetero) is 1. The zero-order valence-corrected chi connectivity index (χ0v) is 14.0. The normalized spacial score (nSPS) is 25.9. The number of allylic oxidation sites excluding steroid dienone is 1. The zero-order valence-electron chi connectivity index (χ0n) is 14.0. The van der Waals surface area contributed by atoms with E-state index < -0.39 is 11.5 Å². The Labute approximate surface area is 141 Å². The van der Waals surface area contributed by atoms with Gasteiger partial charge in [0.25, 0.3) is 0 Å². The summed E-state index contributed by atoms with van der Waals surface area (Å²) in [7, 11) is 3.20. The number of methoxy groups -OCH3 is 2. The molecule has 0 aromatic heterocycles. The number of ether oxygens (including phenoxy) is 3. The predicted octanol–water partition coefficient (Wildman–Crippen LogP) is 2.92. The van der Waals surface area contributed by atoms with Crippen molar-refractivity contribution in [2.75, 3.05) is 27.4 Å². The van der Waals surface area contributed by atoms with Crippen molar-refractivity contribution >= 4 is 11.4 Å². The first kappa shape index (κ1) is 16.7. The highest BCUT2D eigenvalue weighted by atomic mass is 16.5. The van der Waals surface area contributed by atoms with Crippen molar-refractivity contribution in [3.05, 3.63) is 47.7 Å². The molecule has 0 radical (unpaired) electrons. The van der Waals surface area contributed by atoms with Crippen molar-refractivity contribution < 1.29 is 24.1 Å². The maximum Gasteiger partial charge on any atom is 0.143 e. The Bertz CT molecular complexity index is 691. The molecule has 24 heavy (non-hydrogen) atoms. The van der Waals surface area contributed by atoms with Crippen LogP contribution < -0.4 is 4.74 Å². The van der Waals surface area contributed by atoms with E-state index in [1.807, 2.05) is 30.3 Å². The fourth-order valence-electron chi connectivity index (χ4n) is 3.55. The highest BCUT2D eigenvalue weighted by molar-refractivity contribution is 5.99. The van der Waals surface area contributed by atoms with Crippen LogP contribution in [-0.2, 0) is 14.3 Å². The number of carbonyl (C=O) groups excluding carboxylic acids is 1. The van der Waals surface area contributed by atoms with E-state index in [0.29, 0.717) is 37.4 Å². The summed E-state index contributed by atoms with van der Waals surface area (Å²) >= 11 is 0. The van der Waals surface area contributed by atoms with Gasteiger partial charge in [-0.1, -0.05) is 12.1 Å². The van der Waals surface area contributed by atoms with Gasteiger partial charge >= 0.3 is 0 Å². The molecule has 2 aliphatic rings. The molecule has 2 unspecified atom stereocenters. The Morgan fingerprint density at radius 2 is 2.12 bits per heavy atom. The number of hydrogen-bond donors (Lipinski definition) is 1. The van der Waals surface area contributed by atoms with E-state index >= 15 is 0 Å². The van der Waals surface area contributed by atoms with E-state index in [9.17, 15) is 9.90 Å². The quantitative estimate of drug-likeness (QED) is 0.813. The monoisotopic (exact) mass is 330 g/mol. The van der Waals surface area contributed by atoms with Crippen LogP contribution in [0.1, 0.15) is 18.4 Å². The van der Waals surface area contributed by atoms with E-state index in [0.717, 1.165) is 5.56 Å². The largest absolute Gasteiger partial charge is 0.508 e. The van der Waals surface area contributed by atoms with Gasteiger partial charge in [-0.15, -0.1) is 0 Å². The number of aliphatic hydroxyl groups excluding tert-OH is 1. The van der Waals surface area contributed by atoms with Crippen LogP contribution in [0.5, 0.6) is 5.75 Å². The van der Waals surface area contributed by atoms with Crippen molar-refractivity contribution in [2.24, 2.45) is 5.92 Å². The van der Waals surface area contributed by atoms with E-state index in [1.54, 1.807) is 20.3 Å². The van der Waals surface area contributed by atoms with Gasteiger partial charge in [-0.05, 0) is 36.3 Å². The SMILES string of the molecule is COCCOC12C=CC(O)=C(c3cccc(OC)c3)C1C(=O)CC2. The topological polar surface area (TPSA) is 65.0 Å². The molecule has 0 heterocycles. The maximum absolute atomic E-state index is 12.6. The number of fused-ring (bicyclic) bond motifs is 1. The van der Waals surface area contributed by atoms with Crippen LogP contribution in [0, 0.1) is 5.92 Å². The standard InChI is InChI=1S/C19H22O5/c1-22-10-11-24-19-8-6-15(20)17(18(19)16(21)7-9-19)13-4-3-5-14(12-13)23-2/h3-6,8,12,18,20H,7,9-11H2,1-2H3. The number of carbonyl (C=O) groups is 1. The van der Waals surface area contributed by atoms with Crippen LogP contribution >= 0.6 is 0 Å². The van der Waals surface area contributed by atoms with Crippen LogP contribution in [0.15, 0.2) is 42.2 Å². The maximum atomic E-state index is 12.6. The fourth-order valence-corrected chi connectivity index (χ4v) is 3.55. The summed E-state index contributed by atoms with van der Waals surface area (Å²) in [5.74, 6) is 0.362. The van der Waals surface area contributed by atoms with Gasteiger partial charge in [-0.25, -0.2) is 0 Å². The smallest absolute Gasteiger partial charge is 0.143 e. The molecular weight excluding hydrogens is 308 g/mol. The highest BCUT2D eigenvalue weighted by Crippen LogP contribution is 2.48. The van der Waals surface area contributed by atoms with E-state index in [-0.39, 0.29) is 11.5 Å². The van der Waals surface area contributed by atoms with E-state index in [1.165, 1.54) is 0 Å². The van der Waals surface area contributed by atoms with Crippen LogP contribution in [-0.4, -0.2) is 43.9 Å². The van der Waals surface area contributed by atoms with Gasteiger partial charge < -0.3 is 19.3 Å². The van der Waals surface area contributed by atoms with E-state index in [4.69, 9.17) is 14.2 Å². The molecule has 1 saturated carbocycles. The Balaban J connectivity index is 2.01. The van der Waals surface area contributed by atoms with Gasteiger partial charge in [0.05, 0.1) is 26.2 Å². The van der Waals surface area contributed by atoms with Gasteiger partial charge in [-0.3, -0.25) is 4.79 Å². The van der Waals surface area contributed by atoms with Crippen LogP contribution in [0.2, 0.25) is 0 Å². The molecule has 1 fully saturated rings. The molecule has 1 N–H and O–H groups in total. The first-order valence-corrected chi connectivity index (χ1v) is 8.04. The van der Waals surface area contributed by atoms with Gasteiger partial charge in [0.15, 0.2) is 0 Å². The molecule has 128 valence electrons. The summed E-state index contributed by atoms with van der Waals surface area (Å²) in [6.45, 7) is 0.859. The summed E-state index contributed by atoms with van der Waals surface area (Å²) in [6, 6.07) is 7.38. The van der Waals surface area contributed by atoms with Crippen molar-refractivity contribution in [3.8, 4) is 5.75 Å². The first-order chi connectivity index (χ1) is 11.6.